The average Bonchev–Trinajstić information content (AvgIpc) is 3.00. The Bertz CT molecular complexity index is 249. The Balaban J connectivity index is 1.63. The molecule has 0 nitrogen and oxygen atoms in total. The van der Waals surface area contributed by atoms with E-state index in [4.69, 9.17) is 0 Å². The van der Waals surface area contributed by atoms with Gasteiger partial charge in [0.15, 0.2) is 0 Å². The van der Waals surface area contributed by atoms with Gasteiger partial charge in [0, 0.05) is 0 Å². The molecule has 3 saturated carbocycles. The lowest BCUT2D eigenvalue weighted by molar-refractivity contribution is 0.384. The van der Waals surface area contributed by atoms with E-state index in [0.29, 0.717) is 7.92 Å². The average molecular weight is 236 g/mol. The van der Waals surface area contributed by atoms with E-state index in [1.54, 1.807) is 64.2 Å². The molecule has 16 heavy (non-hydrogen) atoms. The largest absolute Gasteiger partial charge is 0.0966 e. The summed E-state index contributed by atoms with van der Waals surface area (Å²) < 4.78 is 0. The summed E-state index contributed by atoms with van der Waals surface area (Å²) in [5.74, 6) is 2.44. The third kappa shape index (κ3) is 1.38. The van der Waals surface area contributed by atoms with Gasteiger partial charge in [-0.05, 0) is 67.3 Å². The molecule has 0 spiro atoms. The van der Waals surface area contributed by atoms with E-state index >= 15 is 0 Å². The van der Waals surface area contributed by atoms with E-state index in [2.05, 4.69) is 0 Å². The van der Waals surface area contributed by atoms with Crippen LogP contribution in [0.3, 0.4) is 0 Å². The Hall–Kier alpha value is 0.430. The molecule has 0 aromatic carbocycles. The second-order valence-electron chi connectivity index (χ2n) is 6.71. The highest BCUT2D eigenvalue weighted by atomic mass is 31.1. The van der Waals surface area contributed by atoms with Gasteiger partial charge < -0.3 is 0 Å². The van der Waals surface area contributed by atoms with Gasteiger partial charge in [-0.1, -0.05) is 33.6 Å². The highest BCUT2D eigenvalue weighted by molar-refractivity contribution is 7.60. The molecule has 0 aromatic heterocycles. The third-order valence-corrected chi connectivity index (χ3v) is 10.3. The highest BCUT2D eigenvalue weighted by Gasteiger charge is 2.54. The fourth-order valence-electron chi connectivity index (χ4n) is 5.67. The first-order chi connectivity index (χ1) is 7.95. The molecular weight excluding hydrogens is 211 g/mol. The molecule has 0 aromatic rings. The monoisotopic (exact) mass is 236 g/mol. The minimum Gasteiger partial charge on any atom is -0.0966 e. The normalized spacial score (nSPS) is 52.1. The van der Waals surface area contributed by atoms with Crippen molar-refractivity contribution in [3.8, 4) is 0 Å². The van der Waals surface area contributed by atoms with Crippen molar-refractivity contribution in [1.29, 1.82) is 0 Å². The zero-order valence-electron chi connectivity index (χ0n) is 10.4. The molecule has 0 N–H and O–H groups in total. The van der Waals surface area contributed by atoms with Gasteiger partial charge in [0.25, 0.3) is 0 Å². The quantitative estimate of drug-likeness (QED) is 0.576. The van der Waals surface area contributed by atoms with Crippen molar-refractivity contribution in [3.63, 3.8) is 0 Å². The Kier molecular flexibility index (Phi) is 2.57. The summed E-state index contributed by atoms with van der Waals surface area (Å²) in [7, 11) is 0.473. The maximum Gasteiger partial charge on any atom is -0.0173 e. The Labute approximate surface area is 101 Å². The summed E-state index contributed by atoms with van der Waals surface area (Å²) in [6, 6.07) is 0. The number of fused-ring (bicyclic) bond motifs is 3. The molecule has 0 bridgehead atoms. The molecule has 4 fully saturated rings. The Morgan fingerprint density at radius 3 is 1.69 bits per heavy atom. The van der Waals surface area contributed by atoms with Crippen LogP contribution in [0, 0.1) is 11.8 Å². The lowest BCUT2D eigenvalue weighted by Gasteiger charge is -2.30. The lowest BCUT2D eigenvalue weighted by atomic mass is 9.90. The molecule has 3 unspecified atom stereocenters. The maximum absolute atomic E-state index is 1.64. The first-order valence-corrected chi connectivity index (χ1v) is 9.27. The Morgan fingerprint density at radius 1 is 0.562 bits per heavy atom. The first-order valence-electron chi connectivity index (χ1n) is 7.72. The molecule has 0 radical (unpaired) electrons. The molecule has 1 aliphatic heterocycles. The SMILES string of the molecule is C1CCC(P2C3CCC[C@@H]3C3CCC[C@@H]32)C1. The van der Waals surface area contributed by atoms with Crippen LogP contribution in [0.4, 0.5) is 0 Å². The highest BCUT2D eigenvalue weighted by Crippen LogP contribution is 2.73. The second kappa shape index (κ2) is 3.98. The molecule has 1 heterocycles. The van der Waals surface area contributed by atoms with E-state index in [0.717, 1.165) is 0 Å². The topological polar surface area (TPSA) is 0 Å². The van der Waals surface area contributed by atoms with Gasteiger partial charge in [-0.15, -0.1) is 0 Å². The number of hydrogen-bond acceptors (Lipinski definition) is 0. The number of hydrogen-bond donors (Lipinski definition) is 0. The van der Waals surface area contributed by atoms with Gasteiger partial charge in [-0.3, -0.25) is 0 Å². The van der Waals surface area contributed by atoms with Gasteiger partial charge in [-0.2, -0.15) is 0 Å². The van der Waals surface area contributed by atoms with Gasteiger partial charge in [0.05, 0.1) is 0 Å². The minimum absolute atomic E-state index is 0.473. The fourth-order valence-corrected chi connectivity index (χ4v) is 10.8. The summed E-state index contributed by atoms with van der Waals surface area (Å²) in [5.41, 5.74) is 3.75. The number of rotatable bonds is 1. The molecule has 0 amide bonds. The van der Waals surface area contributed by atoms with E-state index in [9.17, 15) is 0 Å². The van der Waals surface area contributed by atoms with Gasteiger partial charge >= 0.3 is 0 Å². The standard InChI is InChI=1S/C15H25P/c1-2-6-11(5-1)16-14-9-3-7-12(14)13-8-4-10-15(13)16/h11-15H,1-10H2/t12-,13?,14?,15+,16?/m1/s1. The Morgan fingerprint density at radius 2 is 1.12 bits per heavy atom. The summed E-state index contributed by atoms with van der Waals surface area (Å²) in [5, 5.41) is 0. The van der Waals surface area contributed by atoms with Crippen LogP contribution in [0.5, 0.6) is 0 Å². The van der Waals surface area contributed by atoms with Crippen molar-refractivity contribution in [3.05, 3.63) is 0 Å². The van der Waals surface area contributed by atoms with Crippen LogP contribution in [-0.4, -0.2) is 17.0 Å². The summed E-state index contributed by atoms with van der Waals surface area (Å²) in [6.07, 6.45) is 16.1. The molecule has 5 atom stereocenters. The van der Waals surface area contributed by atoms with Crippen molar-refractivity contribution in [2.75, 3.05) is 0 Å². The van der Waals surface area contributed by atoms with E-state index in [1.165, 1.54) is 28.8 Å². The van der Waals surface area contributed by atoms with Gasteiger partial charge in [-0.25, -0.2) is 0 Å². The van der Waals surface area contributed by atoms with Gasteiger partial charge in [0.2, 0.25) is 0 Å². The molecule has 90 valence electrons. The lowest BCUT2D eigenvalue weighted by Crippen LogP contribution is -2.13. The van der Waals surface area contributed by atoms with Crippen LogP contribution >= 0.6 is 7.92 Å². The predicted octanol–water partition coefficient (Wildman–Crippen LogP) is 4.76. The molecule has 4 aliphatic rings. The minimum atomic E-state index is 0.473. The van der Waals surface area contributed by atoms with Crippen LogP contribution in [0.2, 0.25) is 0 Å². The predicted molar refractivity (Wildman–Crippen MR) is 71.4 cm³/mol. The molecule has 3 aliphatic carbocycles. The van der Waals surface area contributed by atoms with Gasteiger partial charge in [0.1, 0.15) is 0 Å². The van der Waals surface area contributed by atoms with E-state index < -0.39 is 0 Å². The summed E-state index contributed by atoms with van der Waals surface area (Å²) >= 11 is 0. The van der Waals surface area contributed by atoms with Crippen LogP contribution in [0.15, 0.2) is 0 Å². The van der Waals surface area contributed by atoms with Crippen molar-refractivity contribution in [1.82, 2.24) is 0 Å². The first kappa shape index (κ1) is 10.4. The second-order valence-corrected chi connectivity index (χ2v) is 9.66. The zero-order valence-corrected chi connectivity index (χ0v) is 11.3. The van der Waals surface area contributed by atoms with Crippen molar-refractivity contribution in [2.45, 2.75) is 81.2 Å². The van der Waals surface area contributed by atoms with Crippen molar-refractivity contribution in [2.24, 2.45) is 11.8 Å². The summed E-state index contributed by atoms with van der Waals surface area (Å²) in [4.78, 5) is 0. The molecular formula is C15H25P. The molecule has 1 saturated heterocycles. The third-order valence-electron chi connectivity index (χ3n) is 6.13. The van der Waals surface area contributed by atoms with Crippen LogP contribution in [0.1, 0.15) is 64.2 Å². The molecule has 1 heteroatoms. The smallest absolute Gasteiger partial charge is 0.0173 e. The van der Waals surface area contributed by atoms with E-state index in [-0.39, 0.29) is 0 Å². The maximum atomic E-state index is 1.64. The van der Waals surface area contributed by atoms with Crippen molar-refractivity contribution >= 4 is 7.92 Å². The fraction of sp³-hybridized carbons (Fsp3) is 1.00. The van der Waals surface area contributed by atoms with Crippen LogP contribution in [0.25, 0.3) is 0 Å². The van der Waals surface area contributed by atoms with E-state index in [1.807, 2.05) is 0 Å². The summed E-state index contributed by atoms with van der Waals surface area (Å²) in [6.45, 7) is 0. The zero-order chi connectivity index (χ0) is 10.5. The van der Waals surface area contributed by atoms with Crippen LogP contribution < -0.4 is 0 Å². The van der Waals surface area contributed by atoms with Crippen LogP contribution in [-0.2, 0) is 0 Å². The molecule has 4 rings (SSSR count). The van der Waals surface area contributed by atoms with Crippen molar-refractivity contribution < 1.29 is 0 Å².